The highest BCUT2D eigenvalue weighted by Crippen LogP contribution is 2.42. The van der Waals surface area contributed by atoms with Crippen molar-refractivity contribution in [2.45, 2.75) is 118 Å². The maximum atomic E-state index is 11.3. The number of carbonyl (C=O) groups excluding carboxylic acids is 2. The van der Waals surface area contributed by atoms with Crippen LogP contribution in [0.25, 0.3) is 0 Å². The van der Waals surface area contributed by atoms with E-state index < -0.39 is 14.4 Å². The zero-order chi connectivity index (χ0) is 25.7. The summed E-state index contributed by atoms with van der Waals surface area (Å²) in [7, 11) is -1.79. The van der Waals surface area contributed by atoms with Gasteiger partial charge in [0.2, 0.25) is 0 Å². The topological polar surface area (TPSA) is 63.6 Å². The molecule has 0 saturated carbocycles. The normalized spacial score (nSPS) is 27.0. The second-order valence-electron chi connectivity index (χ2n) is 12.4. The van der Waals surface area contributed by atoms with E-state index in [0.717, 1.165) is 55.0 Å². The number of aliphatic hydroxyl groups excluding tert-OH is 1. The van der Waals surface area contributed by atoms with Gasteiger partial charge in [-0.2, -0.15) is 0 Å². The van der Waals surface area contributed by atoms with E-state index >= 15 is 0 Å². The van der Waals surface area contributed by atoms with Gasteiger partial charge in [-0.15, -0.1) is 0 Å². The van der Waals surface area contributed by atoms with Crippen molar-refractivity contribution in [3.63, 3.8) is 0 Å². The molecule has 4 nitrogen and oxygen atoms in total. The van der Waals surface area contributed by atoms with Crippen LogP contribution in [0.5, 0.6) is 0 Å². The Morgan fingerprint density at radius 2 is 1.30 bits per heavy atom. The van der Waals surface area contributed by atoms with Gasteiger partial charge in [0.15, 0.2) is 8.32 Å². The van der Waals surface area contributed by atoms with Crippen molar-refractivity contribution in [2.75, 3.05) is 0 Å². The number of hydrogen-bond acceptors (Lipinski definition) is 4. The second-order valence-corrected chi connectivity index (χ2v) is 17.2. The summed E-state index contributed by atoms with van der Waals surface area (Å²) in [5.41, 5.74) is 3.81. The molecule has 2 aliphatic carbocycles. The smallest absolute Gasteiger partial charge is 0.192 e. The van der Waals surface area contributed by atoms with Crippen molar-refractivity contribution in [1.29, 1.82) is 0 Å². The Labute approximate surface area is 204 Å². The fraction of sp³-hybridized carbons (Fsp3) is 0.786. The molecule has 0 aromatic heterocycles. The summed E-state index contributed by atoms with van der Waals surface area (Å²) in [6.07, 6.45) is 5.31. The quantitative estimate of drug-likeness (QED) is 0.333. The molecule has 0 aliphatic heterocycles. The third kappa shape index (κ3) is 8.00. The highest BCUT2D eigenvalue weighted by molar-refractivity contribution is 6.74. The molecule has 0 aromatic carbocycles. The second kappa shape index (κ2) is 12.1. The predicted octanol–water partition coefficient (Wildman–Crippen LogP) is 6.89. The van der Waals surface area contributed by atoms with Gasteiger partial charge in [0.05, 0.1) is 12.2 Å². The Morgan fingerprint density at radius 1 is 0.879 bits per heavy atom. The molecule has 0 amide bonds. The van der Waals surface area contributed by atoms with Crippen LogP contribution in [0, 0.1) is 23.7 Å². The van der Waals surface area contributed by atoms with Gasteiger partial charge in [-0.1, -0.05) is 48.5 Å². The van der Waals surface area contributed by atoms with E-state index in [1.54, 1.807) is 0 Å². The Bertz CT molecular complexity index is 739. The van der Waals surface area contributed by atoms with Gasteiger partial charge in [0.25, 0.3) is 0 Å². The molecule has 5 heteroatoms. The first-order chi connectivity index (χ1) is 15.0. The first-order valence-corrected chi connectivity index (χ1v) is 15.6. The van der Waals surface area contributed by atoms with Crippen LogP contribution < -0.4 is 0 Å². The summed E-state index contributed by atoms with van der Waals surface area (Å²) in [5, 5.41) is 9.89. The largest absolute Gasteiger partial charge is 0.410 e. The third-order valence-corrected chi connectivity index (χ3v) is 12.9. The molecule has 0 radical (unpaired) electrons. The van der Waals surface area contributed by atoms with E-state index in [9.17, 15) is 14.7 Å². The Hall–Kier alpha value is -1.04. The lowest BCUT2D eigenvalue weighted by atomic mass is 9.77. The van der Waals surface area contributed by atoms with Gasteiger partial charge in [0.1, 0.15) is 12.6 Å². The highest BCUT2D eigenvalue weighted by Gasteiger charge is 2.41. The van der Waals surface area contributed by atoms with Crippen LogP contribution in [0.3, 0.4) is 0 Å². The van der Waals surface area contributed by atoms with Crippen LogP contribution in [-0.4, -0.2) is 38.2 Å². The van der Waals surface area contributed by atoms with Crippen LogP contribution in [0.15, 0.2) is 22.3 Å². The molecule has 0 bridgehead atoms. The molecule has 0 unspecified atom stereocenters. The number of rotatable bonds is 6. The minimum absolute atomic E-state index is 0.136. The molecule has 0 saturated heterocycles. The molecular formula is C28H50O4Si. The zero-order valence-corrected chi connectivity index (χ0v) is 24.1. The van der Waals surface area contributed by atoms with Gasteiger partial charge in [-0.05, 0) is 104 Å². The monoisotopic (exact) mass is 478 g/mol. The average Bonchev–Trinajstić information content (AvgIpc) is 2.70. The Kier molecular flexibility index (Phi) is 11.0. The first-order valence-electron chi connectivity index (χ1n) is 12.7. The number of carbonyl (C=O) groups is 2. The van der Waals surface area contributed by atoms with Gasteiger partial charge < -0.3 is 9.53 Å². The highest BCUT2D eigenvalue weighted by atomic mass is 28.4. The van der Waals surface area contributed by atoms with Crippen LogP contribution in [0.1, 0.15) is 88.0 Å². The molecular weight excluding hydrogens is 428 g/mol. The van der Waals surface area contributed by atoms with Crippen molar-refractivity contribution in [1.82, 2.24) is 0 Å². The van der Waals surface area contributed by atoms with E-state index in [4.69, 9.17) is 4.43 Å². The maximum Gasteiger partial charge on any atom is 0.192 e. The summed E-state index contributed by atoms with van der Waals surface area (Å²) in [6, 6.07) is 0. The lowest BCUT2D eigenvalue weighted by Crippen LogP contribution is -2.45. The zero-order valence-electron chi connectivity index (χ0n) is 23.1. The standard InChI is InChI=1S/C17H32O2Si.C11H18O2/c1-12(2)14-9-15(11-18)13(3)16(10-14)19-20(7,8)17(4,5)6;1-7(2)9-4-10(6-12)8(3)11(13)5-9/h11-12,14,16H,9-10H2,1-8H3;6-7,9,11,13H,4-5H2,1-3H3/t14-,16-;9-,11-/m00/s1. The molecule has 190 valence electrons. The number of allylic oxidation sites excluding steroid dienone is 2. The van der Waals surface area contributed by atoms with E-state index in [-0.39, 0.29) is 11.1 Å². The lowest BCUT2D eigenvalue weighted by molar-refractivity contribution is -0.106. The SMILES string of the molecule is CC1=C(C=O)C[C@H](C(C)C)C[C@@H]1O.CC1=C(C=O)C[C@H](C(C)C)C[C@@H]1O[Si](C)(C)C(C)(C)C. The van der Waals surface area contributed by atoms with Crippen LogP contribution in [0.2, 0.25) is 18.1 Å². The molecule has 0 aromatic rings. The summed E-state index contributed by atoms with van der Waals surface area (Å²) in [5.74, 6) is 2.16. The molecule has 2 aliphatic rings. The van der Waals surface area contributed by atoms with E-state index in [1.807, 2.05) is 6.92 Å². The molecule has 0 fully saturated rings. The van der Waals surface area contributed by atoms with Crippen molar-refractivity contribution >= 4 is 20.9 Å². The predicted molar refractivity (Wildman–Crippen MR) is 141 cm³/mol. The molecule has 1 N–H and O–H groups in total. The minimum Gasteiger partial charge on any atom is -0.410 e. The molecule has 0 heterocycles. The number of aliphatic hydroxyl groups is 1. The van der Waals surface area contributed by atoms with Crippen LogP contribution in [-0.2, 0) is 14.0 Å². The number of hydrogen-bond donors (Lipinski definition) is 1. The fourth-order valence-corrected chi connectivity index (χ4v) is 5.69. The maximum absolute atomic E-state index is 11.3. The van der Waals surface area contributed by atoms with E-state index in [0.29, 0.717) is 23.7 Å². The van der Waals surface area contributed by atoms with Crippen LogP contribution in [0.4, 0.5) is 0 Å². The summed E-state index contributed by atoms with van der Waals surface area (Å²) < 4.78 is 6.59. The van der Waals surface area contributed by atoms with Crippen molar-refractivity contribution in [3.05, 3.63) is 22.3 Å². The molecule has 0 spiro atoms. The Balaban J connectivity index is 0.000000361. The molecule has 2 rings (SSSR count). The van der Waals surface area contributed by atoms with Crippen molar-refractivity contribution in [2.24, 2.45) is 23.7 Å². The van der Waals surface area contributed by atoms with Crippen molar-refractivity contribution in [3.8, 4) is 0 Å². The summed E-state index contributed by atoms with van der Waals surface area (Å²) in [4.78, 5) is 22.1. The van der Waals surface area contributed by atoms with Crippen molar-refractivity contribution < 1.29 is 19.1 Å². The Morgan fingerprint density at radius 3 is 1.70 bits per heavy atom. The summed E-state index contributed by atoms with van der Waals surface area (Å²) in [6.45, 7) is 24.1. The van der Waals surface area contributed by atoms with E-state index in [2.05, 4.69) is 68.5 Å². The van der Waals surface area contributed by atoms with Gasteiger partial charge in [-0.25, -0.2) is 0 Å². The fourth-order valence-electron chi connectivity index (χ4n) is 4.36. The molecule has 4 atom stereocenters. The van der Waals surface area contributed by atoms with Gasteiger partial charge in [-0.3, -0.25) is 9.59 Å². The van der Waals surface area contributed by atoms with Crippen LogP contribution >= 0.6 is 0 Å². The average molecular weight is 479 g/mol. The number of aldehydes is 2. The van der Waals surface area contributed by atoms with Gasteiger partial charge in [0, 0.05) is 0 Å². The third-order valence-electron chi connectivity index (χ3n) is 8.42. The van der Waals surface area contributed by atoms with E-state index in [1.165, 1.54) is 5.57 Å². The summed E-state index contributed by atoms with van der Waals surface area (Å²) >= 11 is 0. The van der Waals surface area contributed by atoms with Gasteiger partial charge >= 0.3 is 0 Å². The lowest BCUT2D eigenvalue weighted by Gasteiger charge is -2.42. The molecule has 33 heavy (non-hydrogen) atoms. The minimum atomic E-state index is -1.79. The first kappa shape index (κ1) is 30.0.